The number of hydrogen-bond acceptors (Lipinski definition) is 4. The largest absolute Gasteiger partial charge is 0.469 e. The van der Waals surface area contributed by atoms with Crippen molar-refractivity contribution < 1.29 is 14.3 Å². The highest BCUT2D eigenvalue weighted by Crippen LogP contribution is 2.11. The summed E-state index contributed by atoms with van der Waals surface area (Å²) in [4.78, 5) is 10.8. The summed E-state index contributed by atoms with van der Waals surface area (Å²) in [5, 5.41) is 0. The van der Waals surface area contributed by atoms with E-state index >= 15 is 0 Å². The number of ether oxygens (including phenoxy) is 2. The zero-order chi connectivity index (χ0) is 10.8. The molecule has 0 amide bonds. The van der Waals surface area contributed by atoms with E-state index in [2.05, 4.69) is 11.0 Å². The second-order valence-corrected chi connectivity index (χ2v) is 3.84. The van der Waals surface area contributed by atoms with Crippen molar-refractivity contribution in [3.8, 4) is 0 Å². The van der Waals surface area contributed by atoms with Gasteiger partial charge >= 0.3 is 5.97 Å². The molecule has 1 radical (unpaired) electrons. The lowest BCUT2D eigenvalue weighted by Crippen LogP contribution is -2.12. The van der Waals surface area contributed by atoms with Gasteiger partial charge in [0.25, 0.3) is 0 Å². The number of carbonyl (C=O) groups excluding carboxylic acids is 1. The highest BCUT2D eigenvalue weighted by molar-refractivity contribution is 8.00. The molecule has 0 aromatic rings. The third-order valence-corrected chi connectivity index (χ3v) is 2.58. The summed E-state index contributed by atoms with van der Waals surface area (Å²) < 4.78 is 9.83. The third-order valence-electron chi connectivity index (χ3n) is 2.05. The Kier molecular flexibility index (Phi) is 9.19. The maximum Gasteiger partial charge on any atom is 0.305 e. The highest BCUT2D eigenvalue weighted by Gasteiger charge is 2.08. The number of hydrogen-bond donors (Lipinski definition) is 0. The molecule has 0 bridgehead atoms. The molecule has 0 unspecified atom stereocenters. The first-order valence-electron chi connectivity index (χ1n) is 4.71. The van der Waals surface area contributed by atoms with Gasteiger partial charge in [-0.25, -0.2) is 0 Å². The van der Waals surface area contributed by atoms with Crippen molar-refractivity contribution in [2.75, 3.05) is 20.0 Å². The van der Waals surface area contributed by atoms with Gasteiger partial charge in [0.05, 0.1) is 13.2 Å². The van der Waals surface area contributed by atoms with Gasteiger partial charge in [-0.2, -0.15) is 11.8 Å². The molecule has 0 rings (SSSR count). The highest BCUT2D eigenvalue weighted by atomic mass is 32.2. The molecule has 0 aromatic carbocycles. The summed E-state index contributed by atoms with van der Waals surface area (Å²) in [5.41, 5.74) is 0. The van der Waals surface area contributed by atoms with Crippen molar-refractivity contribution in [1.29, 1.82) is 0 Å². The quantitative estimate of drug-likeness (QED) is 0.587. The Morgan fingerprint density at radius 1 is 1.43 bits per heavy atom. The van der Waals surface area contributed by atoms with E-state index in [9.17, 15) is 4.79 Å². The Morgan fingerprint density at radius 2 is 2.14 bits per heavy atom. The molecule has 14 heavy (non-hydrogen) atoms. The fourth-order valence-corrected chi connectivity index (χ4v) is 1.60. The third kappa shape index (κ3) is 7.21. The fraction of sp³-hybridized carbons (Fsp3) is 0.800. The first-order chi connectivity index (χ1) is 6.74. The number of carbonyl (C=O) groups is 1. The van der Waals surface area contributed by atoms with E-state index in [0.717, 1.165) is 25.0 Å². The number of esters is 1. The van der Waals surface area contributed by atoms with Crippen molar-refractivity contribution in [3.05, 3.63) is 6.26 Å². The zero-order valence-corrected chi connectivity index (χ0v) is 9.77. The maximum absolute atomic E-state index is 10.8. The van der Waals surface area contributed by atoms with Gasteiger partial charge in [0.2, 0.25) is 0 Å². The molecule has 0 spiro atoms. The van der Waals surface area contributed by atoms with E-state index in [1.54, 1.807) is 18.9 Å². The first-order valence-corrected chi connectivity index (χ1v) is 5.86. The molecular weight excluding hydrogens is 200 g/mol. The summed E-state index contributed by atoms with van der Waals surface area (Å²) in [6.45, 7) is 0. The average molecular weight is 219 g/mol. The maximum atomic E-state index is 10.8. The molecule has 0 aromatic heterocycles. The van der Waals surface area contributed by atoms with Gasteiger partial charge in [-0.3, -0.25) is 4.79 Å². The van der Waals surface area contributed by atoms with E-state index in [1.165, 1.54) is 7.11 Å². The van der Waals surface area contributed by atoms with Crippen molar-refractivity contribution in [2.24, 2.45) is 0 Å². The molecule has 0 saturated heterocycles. The van der Waals surface area contributed by atoms with Gasteiger partial charge in [-0.05, 0) is 25.0 Å². The topological polar surface area (TPSA) is 35.5 Å². The van der Waals surface area contributed by atoms with Crippen LogP contribution in [0.3, 0.4) is 0 Å². The Morgan fingerprint density at radius 3 is 2.64 bits per heavy atom. The molecule has 1 atom stereocenters. The number of thioether (sulfide) groups is 1. The van der Waals surface area contributed by atoms with Crippen molar-refractivity contribution in [2.45, 2.75) is 31.8 Å². The van der Waals surface area contributed by atoms with Crippen LogP contribution in [0.2, 0.25) is 0 Å². The smallest absolute Gasteiger partial charge is 0.305 e. The minimum absolute atomic E-state index is 0.147. The lowest BCUT2D eigenvalue weighted by Gasteiger charge is -2.13. The van der Waals surface area contributed by atoms with Crippen molar-refractivity contribution >= 4 is 17.7 Å². The van der Waals surface area contributed by atoms with Crippen LogP contribution in [0.5, 0.6) is 0 Å². The lowest BCUT2D eigenvalue weighted by molar-refractivity contribution is -0.140. The monoisotopic (exact) mass is 219 g/mol. The van der Waals surface area contributed by atoms with Crippen LogP contribution in [0.4, 0.5) is 0 Å². The van der Waals surface area contributed by atoms with Gasteiger partial charge in [-0.15, -0.1) is 0 Å². The molecular formula is C10H19O3S. The van der Waals surface area contributed by atoms with Crippen LogP contribution in [-0.4, -0.2) is 32.0 Å². The number of rotatable bonds is 8. The normalized spacial score (nSPS) is 12.5. The van der Waals surface area contributed by atoms with Crippen LogP contribution < -0.4 is 0 Å². The summed E-state index contributed by atoms with van der Waals surface area (Å²) in [6.07, 6.45) is 7.15. The van der Waals surface area contributed by atoms with Crippen molar-refractivity contribution in [3.63, 3.8) is 0 Å². The van der Waals surface area contributed by atoms with Crippen molar-refractivity contribution in [1.82, 2.24) is 0 Å². The SMILES string of the molecule is [CH2]SCC[C@H](CCCC(=O)OC)OC. The van der Waals surface area contributed by atoms with E-state index < -0.39 is 0 Å². The second-order valence-electron chi connectivity index (χ2n) is 3.02. The molecule has 3 nitrogen and oxygen atoms in total. The standard InChI is InChI=1S/C10H19O3S/c1-12-9(7-8-14-3)5-4-6-10(11)13-2/h9H,3-8H2,1-2H3/t9-/m0/s1. The minimum atomic E-state index is -0.147. The molecule has 0 saturated carbocycles. The molecule has 0 aliphatic carbocycles. The molecule has 0 fully saturated rings. The van der Waals surface area contributed by atoms with Gasteiger partial charge in [-0.1, -0.05) is 0 Å². The van der Waals surface area contributed by atoms with Crippen LogP contribution >= 0.6 is 11.8 Å². The Hall–Kier alpha value is -0.220. The van der Waals surface area contributed by atoms with Crippen LogP contribution in [0.15, 0.2) is 0 Å². The van der Waals surface area contributed by atoms with Crippen LogP contribution in [-0.2, 0) is 14.3 Å². The Labute approximate surface area is 90.5 Å². The molecule has 4 heteroatoms. The molecule has 0 aliphatic rings. The van der Waals surface area contributed by atoms with Crippen LogP contribution in [0, 0.1) is 6.26 Å². The molecule has 0 aliphatic heterocycles. The lowest BCUT2D eigenvalue weighted by atomic mass is 10.1. The van der Waals surface area contributed by atoms with E-state index in [4.69, 9.17) is 4.74 Å². The van der Waals surface area contributed by atoms with Crippen LogP contribution in [0.1, 0.15) is 25.7 Å². The van der Waals surface area contributed by atoms with Gasteiger partial charge in [0.1, 0.15) is 0 Å². The Balaban J connectivity index is 3.46. The molecule has 83 valence electrons. The average Bonchev–Trinajstić information content (AvgIpc) is 2.22. The van der Waals surface area contributed by atoms with E-state index in [1.807, 2.05) is 0 Å². The van der Waals surface area contributed by atoms with E-state index in [0.29, 0.717) is 6.42 Å². The van der Waals surface area contributed by atoms with Gasteiger partial charge in [0, 0.05) is 19.8 Å². The fourth-order valence-electron chi connectivity index (χ4n) is 1.17. The van der Waals surface area contributed by atoms with Crippen LogP contribution in [0.25, 0.3) is 0 Å². The summed E-state index contributed by atoms with van der Waals surface area (Å²) in [5.74, 6) is 0.850. The molecule has 0 N–H and O–H groups in total. The summed E-state index contributed by atoms with van der Waals surface area (Å²) in [7, 11) is 3.12. The zero-order valence-electron chi connectivity index (χ0n) is 8.95. The molecule has 0 heterocycles. The predicted octanol–water partition coefficient (Wildman–Crippen LogP) is 2.26. The number of methoxy groups -OCH3 is 2. The van der Waals surface area contributed by atoms with Gasteiger partial charge in [0.15, 0.2) is 0 Å². The minimum Gasteiger partial charge on any atom is -0.469 e. The first kappa shape index (κ1) is 13.8. The van der Waals surface area contributed by atoms with E-state index in [-0.39, 0.29) is 12.1 Å². The summed E-state index contributed by atoms with van der Waals surface area (Å²) >= 11 is 1.57. The second kappa shape index (κ2) is 9.34. The predicted molar refractivity (Wildman–Crippen MR) is 59.1 cm³/mol. The Bertz CT molecular complexity index is 150. The summed E-state index contributed by atoms with van der Waals surface area (Å²) in [6, 6.07) is 0. The van der Waals surface area contributed by atoms with Gasteiger partial charge < -0.3 is 9.47 Å².